The van der Waals surface area contributed by atoms with Crippen molar-refractivity contribution in [1.29, 1.82) is 0 Å². The molecule has 0 bridgehead atoms. The van der Waals surface area contributed by atoms with Gasteiger partial charge in [-0.3, -0.25) is 0 Å². The number of thiophene rings is 1. The number of halogens is 1. The third kappa shape index (κ3) is 3.13. The lowest BCUT2D eigenvalue weighted by atomic mass is 10.1. The van der Waals surface area contributed by atoms with Crippen molar-refractivity contribution in [2.24, 2.45) is 0 Å². The highest BCUT2D eigenvalue weighted by Gasteiger charge is 2.14. The highest BCUT2D eigenvalue weighted by Crippen LogP contribution is 2.33. The molecule has 2 rings (SSSR count). The second-order valence-electron chi connectivity index (χ2n) is 3.54. The lowest BCUT2D eigenvalue weighted by Crippen LogP contribution is -1.97. The minimum Gasteiger partial charge on any atom is -0.383 e. The molecule has 0 radical (unpaired) electrons. The van der Waals surface area contributed by atoms with Crippen LogP contribution in [0.15, 0.2) is 45.1 Å². The largest absolute Gasteiger partial charge is 0.383 e. The molecular formula is C13H13BrOS2. The molecule has 1 heterocycles. The number of aliphatic hydroxyl groups is 1. The van der Waals surface area contributed by atoms with E-state index in [0.29, 0.717) is 0 Å². The highest BCUT2D eigenvalue weighted by molar-refractivity contribution is 9.10. The number of benzene rings is 1. The topological polar surface area (TPSA) is 20.2 Å². The quantitative estimate of drug-likeness (QED) is 0.820. The standard InChI is InChI=1S/C13H13BrOS2/c1-2-16-10-5-3-9(4-6-10)12(15)13-11(14)7-8-17-13/h3-8,12,15H,2H2,1H3. The lowest BCUT2D eigenvalue weighted by molar-refractivity contribution is 0.223. The molecule has 2 aromatic rings. The first-order valence-electron chi connectivity index (χ1n) is 5.36. The van der Waals surface area contributed by atoms with Crippen LogP contribution in [-0.2, 0) is 0 Å². The van der Waals surface area contributed by atoms with Gasteiger partial charge in [-0.2, -0.15) is 0 Å². The summed E-state index contributed by atoms with van der Waals surface area (Å²) in [5.74, 6) is 1.07. The molecule has 0 aliphatic carbocycles. The average molecular weight is 329 g/mol. The van der Waals surface area contributed by atoms with Gasteiger partial charge in [0.1, 0.15) is 6.10 Å². The van der Waals surface area contributed by atoms with E-state index in [0.717, 1.165) is 20.7 Å². The van der Waals surface area contributed by atoms with Crippen LogP contribution in [0.3, 0.4) is 0 Å². The van der Waals surface area contributed by atoms with E-state index in [1.807, 2.05) is 35.3 Å². The Hall–Kier alpha value is -0.290. The molecule has 0 aliphatic heterocycles. The molecule has 1 atom stereocenters. The van der Waals surface area contributed by atoms with Crippen LogP contribution in [0, 0.1) is 0 Å². The van der Waals surface area contributed by atoms with Crippen LogP contribution < -0.4 is 0 Å². The van der Waals surface area contributed by atoms with E-state index in [-0.39, 0.29) is 0 Å². The zero-order valence-electron chi connectivity index (χ0n) is 9.39. The highest BCUT2D eigenvalue weighted by atomic mass is 79.9. The minimum atomic E-state index is -0.537. The Morgan fingerprint density at radius 3 is 2.53 bits per heavy atom. The van der Waals surface area contributed by atoms with Gasteiger partial charge in [0.05, 0.1) is 4.88 Å². The molecule has 0 saturated carbocycles. The van der Waals surface area contributed by atoms with E-state index in [2.05, 4.69) is 35.0 Å². The van der Waals surface area contributed by atoms with Crippen molar-refractivity contribution in [3.8, 4) is 0 Å². The van der Waals surface area contributed by atoms with Gasteiger partial charge in [-0.1, -0.05) is 19.1 Å². The Labute approximate surface area is 118 Å². The normalized spacial score (nSPS) is 12.6. The zero-order valence-corrected chi connectivity index (χ0v) is 12.6. The van der Waals surface area contributed by atoms with E-state index >= 15 is 0 Å². The summed E-state index contributed by atoms with van der Waals surface area (Å²) in [6.45, 7) is 2.14. The maximum absolute atomic E-state index is 10.3. The van der Waals surface area contributed by atoms with Crippen molar-refractivity contribution in [3.63, 3.8) is 0 Å². The molecule has 0 spiro atoms. The lowest BCUT2D eigenvalue weighted by Gasteiger charge is -2.10. The first-order valence-corrected chi connectivity index (χ1v) is 8.02. The summed E-state index contributed by atoms with van der Waals surface area (Å²) < 4.78 is 0.974. The van der Waals surface area contributed by atoms with Crippen molar-refractivity contribution in [2.75, 3.05) is 5.75 Å². The van der Waals surface area contributed by atoms with Crippen LogP contribution in [0.2, 0.25) is 0 Å². The van der Waals surface area contributed by atoms with Gasteiger partial charge in [-0.15, -0.1) is 23.1 Å². The van der Waals surface area contributed by atoms with Crippen LogP contribution in [0.5, 0.6) is 0 Å². The summed E-state index contributed by atoms with van der Waals surface area (Å²) in [6.07, 6.45) is -0.537. The number of rotatable bonds is 4. The summed E-state index contributed by atoms with van der Waals surface area (Å²) in [6, 6.07) is 10.1. The number of hydrogen-bond acceptors (Lipinski definition) is 3. The molecule has 1 aromatic carbocycles. The summed E-state index contributed by atoms with van der Waals surface area (Å²) in [7, 11) is 0. The summed E-state index contributed by atoms with van der Waals surface area (Å²) >= 11 is 6.82. The second-order valence-corrected chi connectivity index (χ2v) is 6.68. The predicted octanol–water partition coefficient (Wildman–Crippen LogP) is 4.70. The maximum Gasteiger partial charge on any atom is 0.114 e. The molecule has 1 nitrogen and oxygen atoms in total. The summed E-state index contributed by atoms with van der Waals surface area (Å²) in [5.41, 5.74) is 0.939. The molecule has 0 amide bonds. The minimum absolute atomic E-state index is 0.537. The fourth-order valence-corrected chi connectivity index (χ4v) is 3.83. The van der Waals surface area contributed by atoms with Gasteiger partial charge in [-0.25, -0.2) is 0 Å². The van der Waals surface area contributed by atoms with E-state index in [1.165, 1.54) is 4.90 Å². The molecule has 17 heavy (non-hydrogen) atoms. The average Bonchev–Trinajstić information content (AvgIpc) is 2.76. The molecule has 0 saturated heterocycles. The Balaban J connectivity index is 2.20. The van der Waals surface area contributed by atoms with Crippen LogP contribution in [0.25, 0.3) is 0 Å². The zero-order chi connectivity index (χ0) is 12.3. The van der Waals surface area contributed by atoms with Crippen molar-refractivity contribution in [3.05, 3.63) is 50.6 Å². The Morgan fingerprint density at radius 2 is 2.00 bits per heavy atom. The van der Waals surface area contributed by atoms with Crippen LogP contribution in [-0.4, -0.2) is 10.9 Å². The van der Waals surface area contributed by atoms with Crippen molar-refractivity contribution >= 4 is 39.0 Å². The molecule has 4 heteroatoms. The van der Waals surface area contributed by atoms with E-state index in [1.54, 1.807) is 11.3 Å². The number of hydrogen-bond donors (Lipinski definition) is 1. The summed E-state index contributed by atoms with van der Waals surface area (Å²) in [4.78, 5) is 2.20. The van der Waals surface area contributed by atoms with Crippen LogP contribution in [0.4, 0.5) is 0 Å². The third-order valence-electron chi connectivity index (χ3n) is 2.40. The molecule has 1 N–H and O–H groups in total. The fourth-order valence-electron chi connectivity index (χ4n) is 1.56. The number of aliphatic hydroxyl groups excluding tert-OH is 1. The van der Waals surface area contributed by atoms with Gasteiger partial charge in [0.2, 0.25) is 0 Å². The van der Waals surface area contributed by atoms with E-state index in [9.17, 15) is 5.11 Å². The molecule has 0 aliphatic rings. The third-order valence-corrected chi connectivity index (χ3v) is 5.22. The smallest absolute Gasteiger partial charge is 0.114 e. The van der Waals surface area contributed by atoms with E-state index in [4.69, 9.17) is 0 Å². The molecular weight excluding hydrogens is 316 g/mol. The predicted molar refractivity (Wildman–Crippen MR) is 78.9 cm³/mol. The molecule has 0 fully saturated rings. The number of thioether (sulfide) groups is 1. The van der Waals surface area contributed by atoms with Gasteiger partial charge in [0.25, 0.3) is 0 Å². The second kappa shape index (κ2) is 6.05. The van der Waals surface area contributed by atoms with Crippen molar-refractivity contribution in [1.82, 2.24) is 0 Å². The van der Waals surface area contributed by atoms with Gasteiger partial charge in [0.15, 0.2) is 0 Å². The van der Waals surface area contributed by atoms with Gasteiger partial charge in [0, 0.05) is 9.37 Å². The first kappa shape index (κ1) is 13.1. The van der Waals surface area contributed by atoms with Crippen molar-refractivity contribution in [2.45, 2.75) is 17.9 Å². The van der Waals surface area contributed by atoms with Crippen LogP contribution >= 0.6 is 39.0 Å². The SMILES string of the molecule is CCSc1ccc(C(O)c2sccc2Br)cc1. The van der Waals surface area contributed by atoms with Gasteiger partial charge >= 0.3 is 0 Å². The van der Waals surface area contributed by atoms with Gasteiger partial charge in [-0.05, 0) is 50.8 Å². The van der Waals surface area contributed by atoms with Gasteiger partial charge < -0.3 is 5.11 Å². The monoisotopic (exact) mass is 328 g/mol. The van der Waals surface area contributed by atoms with Crippen molar-refractivity contribution < 1.29 is 5.11 Å². The van der Waals surface area contributed by atoms with Crippen LogP contribution in [0.1, 0.15) is 23.5 Å². The maximum atomic E-state index is 10.3. The first-order chi connectivity index (χ1) is 8.22. The molecule has 1 aromatic heterocycles. The fraction of sp³-hybridized carbons (Fsp3) is 0.231. The molecule has 1 unspecified atom stereocenters. The summed E-state index contributed by atoms with van der Waals surface area (Å²) in [5, 5.41) is 12.2. The Bertz CT molecular complexity index is 478. The molecule has 90 valence electrons. The van der Waals surface area contributed by atoms with E-state index < -0.39 is 6.10 Å². The Kier molecular flexibility index (Phi) is 4.68. The Morgan fingerprint density at radius 1 is 1.29 bits per heavy atom.